The summed E-state index contributed by atoms with van der Waals surface area (Å²) in [6, 6.07) is 84.8. The summed E-state index contributed by atoms with van der Waals surface area (Å²) in [4.78, 5) is 2.35. The largest absolute Gasteiger partial charge is 0.456 e. The van der Waals surface area contributed by atoms with Crippen molar-refractivity contribution in [1.82, 2.24) is 0 Å². The van der Waals surface area contributed by atoms with Gasteiger partial charge >= 0.3 is 0 Å². The number of furan rings is 1. The van der Waals surface area contributed by atoms with Crippen molar-refractivity contribution in [3.05, 3.63) is 237 Å². The minimum atomic E-state index is 0.860. The van der Waals surface area contributed by atoms with E-state index in [1.165, 1.54) is 43.8 Å². The fraction of sp³-hybridized carbons (Fsp3) is 0. The van der Waals surface area contributed by atoms with E-state index in [0.29, 0.717) is 0 Å². The Balaban J connectivity index is 0.976. The topological polar surface area (TPSA) is 16.4 Å². The van der Waals surface area contributed by atoms with Crippen molar-refractivity contribution in [3.8, 4) is 55.8 Å². The Bertz CT molecular complexity index is 3260. The Morgan fingerprint density at radius 1 is 0.267 bits per heavy atom. The first-order valence-electron chi connectivity index (χ1n) is 20.5. The van der Waals surface area contributed by atoms with Gasteiger partial charge in [0.15, 0.2) is 0 Å². The van der Waals surface area contributed by atoms with E-state index in [9.17, 15) is 0 Å². The number of hydrogen-bond acceptors (Lipinski definition) is 2. The molecule has 60 heavy (non-hydrogen) atoms. The normalized spacial score (nSPS) is 11.3. The standard InChI is InChI=1S/C58H39NO/c1-3-12-40(13-4-1)45-18-11-19-52(37-45)59(50-30-24-41(25-31-50)46-28-35-55-48(36-46)23-22-44-16-7-9-20-53(44)55)51-32-26-42(27-33-51)47-29-34-54(43-14-5-2-6-15-43)56(38-47)58-39-49-17-8-10-21-57(49)60-58/h1-39H. The van der Waals surface area contributed by atoms with E-state index in [1.807, 2.05) is 12.1 Å². The van der Waals surface area contributed by atoms with Crippen molar-refractivity contribution in [2.75, 3.05) is 4.90 Å². The lowest BCUT2D eigenvalue weighted by Crippen LogP contribution is -2.10. The Kier molecular flexibility index (Phi) is 8.87. The summed E-state index contributed by atoms with van der Waals surface area (Å²) in [5.41, 5.74) is 14.5. The maximum absolute atomic E-state index is 6.46. The molecule has 0 aliphatic heterocycles. The van der Waals surface area contributed by atoms with Crippen molar-refractivity contribution < 1.29 is 4.42 Å². The number of rotatable bonds is 8. The molecule has 0 fully saturated rings. The van der Waals surface area contributed by atoms with E-state index in [1.54, 1.807) is 0 Å². The lowest BCUT2D eigenvalue weighted by Gasteiger charge is -2.26. The minimum Gasteiger partial charge on any atom is -0.456 e. The monoisotopic (exact) mass is 765 g/mol. The third-order valence-corrected chi connectivity index (χ3v) is 11.7. The lowest BCUT2D eigenvalue weighted by molar-refractivity contribution is 0.632. The molecule has 11 rings (SSSR count). The van der Waals surface area contributed by atoms with E-state index in [-0.39, 0.29) is 0 Å². The van der Waals surface area contributed by atoms with E-state index >= 15 is 0 Å². The van der Waals surface area contributed by atoms with Gasteiger partial charge in [-0.05, 0) is 127 Å². The SMILES string of the molecule is c1ccc(-c2cccc(N(c3ccc(-c4ccc(-c5ccccc5)c(-c5cc6ccccc6o5)c4)cc3)c3ccc(-c4ccc5c(ccc6ccccc65)c4)cc3)c2)cc1. The van der Waals surface area contributed by atoms with Gasteiger partial charge in [0.1, 0.15) is 11.3 Å². The molecule has 282 valence electrons. The van der Waals surface area contributed by atoms with Crippen molar-refractivity contribution in [2.24, 2.45) is 0 Å². The van der Waals surface area contributed by atoms with E-state index in [0.717, 1.165) is 61.6 Å². The highest BCUT2D eigenvalue weighted by molar-refractivity contribution is 6.08. The molecule has 0 aliphatic rings. The second-order valence-electron chi connectivity index (χ2n) is 15.3. The van der Waals surface area contributed by atoms with Crippen LogP contribution in [0.4, 0.5) is 17.1 Å². The molecule has 0 atom stereocenters. The molecule has 0 unspecified atom stereocenters. The van der Waals surface area contributed by atoms with Gasteiger partial charge < -0.3 is 9.32 Å². The van der Waals surface area contributed by atoms with Crippen molar-refractivity contribution in [1.29, 1.82) is 0 Å². The number of hydrogen-bond donors (Lipinski definition) is 0. The molecular formula is C58H39NO. The molecule has 2 nitrogen and oxygen atoms in total. The molecule has 0 bridgehead atoms. The Morgan fingerprint density at radius 2 is 0.800 bits per heavy atom. The highest BCUT2D eigenvalue weighted by Gasteiger charge is 2.17. The summed E-state index contributed by atoms with van der Waals surface area (Å²) in [5, 5.41) is 6.16. The molecule has 0 radical (unpaired) electrons. The highest BCUT2D eigenvalue weighted by Crippen LogP contribution is 2.41. The van der Waals surface area contributed by atoms with Crippen LogP contribution in [0.2, 0.25) is 0 Å². The Morgan fingerprint density at radius 3 is 1.53 bits per heavy atom. The van der Waals surface area contributed by atoms with Gasteiger partial charge in [-0.2, -0.15) is 0 Å². The van der Waals surface area contributed by atoms with Crippen LogP contribution in [0.25, 0.3) is 88.3 Å². The second kappa shape index (κ2) is 15.1. The van der Waals surface area contributed by atoms with Crippen LogP contribution in [0.5, 0.6) is 0 Å². The lowest BCUT2D eigenvalue weighted by atomic mass is 9.93. The average Bonchev–Trinajstić information content (AvgIpc) is 3.77. The first kappa shape index (κ1) is 35.2. The number of para-hydroxylation sites is 1. The second-order valence-corrected chi connectivity index (χ2v) is 15.3. The van der Waals surface area contributed by atoms with Crippen LogP contribution >= 0.6 is 0 Å². The zero-order valence-corrected chi connectivity index (χ0v) is 32.9. The van der Waals surface area contributed by atoms with Gasteiger partial charge in [-0.25, -0.2) is 0 Å². The number of fused-ring (bicyclic) bond motifs is 4. The van der Waals surface area contributed by atoms with Crippen molar-refractivity contribution in [2.45, 2.75) is 0 Å². The van der Waals surface area contributed by atoms with Gasteiger partial charge in [0.25, 0.3) is 0 Å². The molecular weight excluding hydrogens is 727 g/mol. The molecule has 1 aromatic heterocycles. The fourth-order valence-corrected chi connectivity index (χ4v) is 8.61. The molecule has 2 heteroatoms. The van der Waals surface area contributed by atoms with Crippen LogP contribution in [0.1, 0.15) is 0 Å². The van der Waals surface area contributed by atoms with E-state index < -0.39 is 0 Å². The van der Waals surface area contributed by atoms with Crippen molar-refractivity contribution >= 4 is 49.6 Å². The number of benzene rings is 10. The van der Waals surface area contributed by atoms with Crippen LogP contribution in [0.3, 0.4) is 0 Å². The summed E-state index contributed by atoms with van der Waals surface area (Å²) < 4.78 is 6.46. The first-order chi connectivity index (χ1) is 29.7. The highest BCUT2D eigenvalue weighted by atomic mass is 16.3. The third-order valence-electron chi connectivity index (χ3n) is 11.7. The Hall–Kier alpha value is -7.94. The summed E-state index contributed by atoms with van der Waals surface area (Å²) in [5.74, 6) is 0.860. The molecule has 10 aromatic carbocycles. The number of nitrogens with zero attached hydrogens (tertiary/aromatic N) is 1. The van der Waals surface area contributed by atoms with Crippen LogP contribution < -0.4 is 4.90 Å². The molecule has 0 amide bonds. The van der Waals surface area contributed by atoms with Gasteiger partial charge in [-0.3, -0.25) is 0 Å². The van der Waals surface area contributed by atoms with Gasteiger partial charge in [0, 0.05) is 28.0 Å². The minimum absolute atomic E-state index is 0.860. The molecule has 11 aromatic rings. The molecule has 1 heterocycles. The van der Waals surface area contributed by atoms with Crippen molar-refractivity contribution in [3.63, 3.8) is 0 Å². The smallest absolute Gasteiger partial charge is 0.136 e. The molecule has 0 saturated heterocycles. The fourth-order valence-electron chi connectivity index (χ4n) is 8.61. The summed E-state index contributed by atoms with van der Waals surface area (Å²) in [7, 11) is 0. The summed E-state index contributed by atoms with van der Waals surface area (Å²) >= 11 is 0. The van der Waals surface area contributed by atoms with Gasteiger partial charge in [-0.1, -0.05) is 176 Å². The first-order valence-corrected chi connectivity index (χ1v) is 20.5. The van der Waals surface area contributed by atoms with E-state index in [2.05, 4.69) is 229 Å². The molecule has 0 N–H and O–H groups in total. The van der Waals surface area contributed by atoms with Crippen LogP contribution in [-0.2, 0) is 0 Å². The van der Waals surface area contributed by atoms with Crippen LogP contribution in [0.15, 0.2) is 241 Å². The molecule has 0 saturated carbocycles. The maximum atomic E-state index is 6.46. The molecule has 0 aliphatic carbocycles. The third kappa shape index (κ3) is 6.61. The zero-order chi connectivity index (χ0) is 39.8. The quantitative estimate of drug-likeness (QED) is 0.143. The summed E-state index contributed by atoms with van der Waals surface area (Å²) in [6.45, 7) is 0. The molecule has 0 spiro atoms. The van der Waals surface area contributed by atoms with Crippen LogP contribution in [-0.4, -0.2) is 0 Å². The van der Waals surface area contributed by atoms with Gasteiger partial charge in [0.05, 0.1) is 0 Å². The predicted octanol–water partition coefficient (Wildman–Crippen LogP) is 16.5. The predicted molar refractivity (Wildman–Crippen MR) is 253 cm³/mol. The number of anilines is 3. The van der Waals surface area contributed by atoms with Gasteiger partial charge in [0.2, 0.25) is 0 Å². The maximum Gasteiger partial charge on any atom is 0.136 e. The Labute approximate surface area is 349 Å². The van der Waals surface area contributed by atoms with E-state index in [4.69, 9.17) is 4.42 Å². The summed E-state index contributed by atoms with van der Waals surface area (Å²) in [6.07, 6.45) is 0. The van der Waals surface area contributed by atoms with Crippen LogP contribution in [0, 0.1) is 0 Å². The average molecular weight is 766 g/mol. The zero-order valence-electron chi connectivity index (χ0n) is 32.9. The van der Waals surface area contributed by atoms with Gasteiger partial charge in [-0.15, -0.1) is 0 Å².